The predicted molar refractivity (Wildman–Crippen MR) is 182 cm³/mol. The molecule has 8 nitrogen and oxygen atoms in total. The van der Waals surface area contributed by atoms with E-state index in [1.165, 1.54) is 21.8 Å². The van der Waals surface area contributed by atoms with Crippen LogP contribution in [0.1, 0.15) is 72.7 Å². The van der Waals surface area contributed by atoms with E-state index >= 15 is 4.39 Å². The van der Waals surface area contributed by atoms with Crippen LogP contribution in [0.4, 0.5) is 26.3 Å². The molecule has 2 bridgehead atoms. The zero-order valence-corrected chi connectivity index (χ0v) is 29.3. The van der Waals surface area contributed by atoms with Crippen LogP contribution in [0.25, 0.3) is 11.0 Å². The number of rotatable bonds is 9. The Morgan fingerprint density at radius 2 is 1.63 bits per heavy atom. The van der Waals surface area contributed by atoms with E-state index < -0.39 is 62.0 Å². The van der Waals surface area contributed by atoms with Crippen LogP contribution in [-0.2, 0) is 15.4 Å². The molecule has 4 aromatic rings. The number of fused-ring (bicyclic) bond motifs is 3. The van der Waals surface area contributed by atoms with Gasteiger partial charge in [0.15, 0.2) is 5.82 Å². The molecule has 3 fully saturated rings. The van der Waals surface area contributed by atoms with Gasteiger partial charge in [-0.25, -0.2) is 31.3 Å². The lowest BCUT2D eigenvalue weighted by molar-refractivity contribution is -0.121. The molecule has 278 valence electrons. The first kappa shape index (κ1) is 36.4. The Balaban J connectivity index is 1.08. The van der Waals surface area contributed by atoms with E-state index in [1.807, 2.05) is 31.2 Å². The number of carbonyl (C=O) groups is 1. The maximum atomic E-state index is 15.5. The summed E-state index contributed by atoms with van der Waals surface area (Å²) in [7, 11) is -5.06. The van der Waals surface area contributed by atoms with Gasteiger partial charge in [-0.2, -0.15) is 13.2 Å². The number of benzene rings is 3. The highest BCUT2D eigenvalue weighted by Crippen LogP contribution is 2.45. The minimum atomic E-state index is -5.06. The van der Waals surface area contributed by atoms with Gasteiger partial charge in [0.25, 0.3) is 5.91 Å². The summed E-state index contributed by atoms with van der Waals surface area (Å²) in [4.78, 5) is 20.8. The topological polar surface area (TPSA) is 87.5 Å². The molecule has 7 rings (SSSR count). The molecule has 4 heterocycles. The quantitative estimate of drug-likeness (QED) is 0.186. The lowest BCUT2D eigenvalue weighted by Gasteiger charge is -2.45. The number of aryl methyl sites for hydroxylation is 1. The van der Waals surface area contributed by atoms with Crippen LogP contribution in [0.5, 0.6) is 0 Å². The normalized spacial score (nSPS) is 22.3. The van der Waals surface area contributed by atoms with Gasteiger partial charge in [-0.15, -0.1) is 0 Å². The molecule has 0 aliphatic carbocycles. The van der Waals surface area contributed by atoms with Gasteiger partial charge in [-0.1, -0.05) is 24.3 Å². The highest BCUT2D eigenvalue weighted by molar-refractivity contribution is 7.89. The van der Waals surface area contributed by atoms with Crippen molar-refractivity contribution in [2.75, 3.05) is 26.2 Å². The summed E-state index contributed by atoms with van der Waals surface area (Å²) in [6.07, 6.45) is 0.527. The standard InChI is InChI=1S/C37H39F6N5O3S/c1-23-45-30-7-2-3-8-31(30)48(23)28-20-26-9-10-27(21-28)47(26)18-15-36(24-5-4-6-25(38)19-24)13-16-46(17-14-36)35(49)33-29(39)11-12-32(34(33)40)52(50,51)44-22-37(41,42)43/h2-8,11-12,19,26-28,44H,9-10,13-18,20-22H2,1H3/t26-,27+,28+. The number of likely N-dealkylation sites (tertiary alicyclic amines) is 1. The fraction of sp³-hybridized carbons (Fsp3) is 0.459. The minimum Gasteiger partial charge on any atom is -0.338 e. The molecule has 0 unspecified atom stereocenters. The van der Waals surface area contributed by atoms with Crippen LogP contribution in [0, 0.1) is 24.4 Å². The van der Waals surface area contributed by atoms with E-state index in [2.05, 4.69) is 15.5 Å². The van der Waals surface area contributed by atoms with Crippen LogP contribution in [-0.4, -0.2) is 78.1 Å². The number of para-hydroxylation sites is 2. The Bertz CT molecular complexity index is 2080. The summed E-state index contributed by atoms with van der Waals surface area (Å²) in [5, 5.41) is 0. The summed E-state index contributed by atoms with van der Waals surface area (Å²) in [6, 6.07) is 16.6. The molecule has 0 saturated carbocycles. The molecule has 52 heavy (non-hydrogen) atoms. The third kappa shape index (κ3) is 6.94. The Morgan fingerprint density at radius 3 is 2.31 bits per heavy atom. The van der Waals surface area contributed by atoms with Gasteiger partial charge >= 0.3 is 6.18 Å². The summed E-state index contributed by atoms with van der Waals surface area (Å²) in [5.74, 6) is -3.62. The average molecular weight is 748 g/mol. The Kier molecular flexibility index (Phi) is 9.66. The number of carbonyl (C=O) groups excluding carboxylic acids is 1. The number of imidazole rings is 1. The average Bonchev–Trinajstić information content (AvgIpc) is 3.56. The van der Waals surface area contributed by atoms with Crippen LogP contribution in [0.2, 0.25) is 0 Å². The van der Waals surface area contributed by atoms with Crippen molar-refractivity contribution < 1.29 is 39.6 Å². The van der Waals surface area contributed by atoms with Crippen LogP contribution < -0.4 is 4.72 Å². The second kappa shape index (κ2) is 13.8. The van der Waals surface area contributed by atoms with Gasteiger partial charge < -0.3 is 9.47 Å². The highest BCUT2D eigenvalue weighted by atomic mass is 32.2. The van der Waals surface area contributed by atoms with Crippen LogP contribution in [0.3, 0.4) is 0 Å². The molecule has 0 spiro atoms. The molecule has 0 radical (unpaired) electrons. The lowest BCUT2D eigenvalue weighted by atomic mass is 9.70. The number of halogens is 6. The van der Waals surface area contributed by atoms with Crippen LogP contribution >= 0.6 is 0 Å². The van der Waals surface area contributed by atoms with E-state index in [9.17, 15) is 35.2 Å². The van der Waals surface area contributed by atoms with E-state index in [1.54, 1.807) is 6.07 Å². The molecule has 3 aliphatic heterocycles. The number of nitrogens with one attached hydrogen (secondary N) is 1. The van der Waals surface area contributed by atoms with E-state index in [-0.39, 0.29) is 13.1 Å². The molecule has 3 aromatic carbocycles. The van der Waals surface area contributed by atoms with Crippen molar-refractivity contribution >= 4 is 27.0 Å². The van der Waals surface area contributed by atoms with E-state index in [0.29, 0.717) is 49.5 Å². The van der Waals surface area contributed by atoms with Gasteiger partial charge in [-0.3, -0.25) is 9.69 Å². The SMILES string of the molecule is Cc1nc2ccccc2n1[C@H]1C[C@H]2CC[C@@H](C1)N2CCC1(c2cccc(F)c2)CCN(C(=O)c2c(F)ccc(S(=O)(=O)NCC(F)(F)F)c2F)CC1. The summed E-state index contributed by atoms with van der Waals surface area (Å²) in [6.45, 7) is 0.902. The summed E-state index contributed by atoms with van der Waals surface area (Å²) in [5.41, 5.74) is 1.17. The third-order valence-corrected chi connectivity index (χ3v) is 12.7. The van der Waals surface area contributed by atoms with Crippen molar-refractivity contribution in [2.45, 2.75) is 86.5 Å². The van der Waals surface area contributed by atoms with Crippen molar-refractivity contribution in [3.8, 4) is 0 Å². The van der Waals surface area contributed by atoms with Gasteiger partial charge in [0.05, 0.1) is 11.0 Å². The Hall–Kier alpha value is -3.95. The van der Waals surface area contributed by atoms with E-state index in [0.717, 1.165) is 54.6 Å². The Labute approximate surface area is 297 Å². The molecular weight excluding hydrogens is 708 g/mol. The number of hydrogen-bond donors (Lipinski definition) is 1. The van der Waals surface area contributed by atoms with E-state index in [4.69, 9.17) is 4.98 Å². The number of aromatic nitrogens is 2. The first-order chi connectivity index (χ1) is 24.7. The fourth-order valence-electron chi connectivity index (χ4n) is 8.78. The number of alkyl halides is 3. The monoisotopic (exact) mass is 747 g/mol. The van der Waals surface area contributed by atoms with Crippen LogP contribution in [0.15, 0.2) is 65.6 Å². The number of sulfonamides is 1. The first-order valence-corrected chi connectivity index (χ1v) is 18.9. The molecule has 3 atom stereocenters. The second-order valence-electron chi connectivity index (χ2n) is 14.3. The number of piperidine rings is 2. The molecule has 3 aliphatic rings. The number of amides is 1. The molecular formula is C37H39F6N5O3S. The zero-order valence-electron chi connectivity index (χ0n) is 28.5. The highest BCUT2D eigenvalue weighted by Gasteiger charge is 2.45. The Morgan fingerprint density at radius 1 is 0.942 bits per heavy atom. The molecule has 15 heteroatoms. The maximum Gasteiger partial charge on any atom is 0.402 e. The molecule has 1 amide bonds. The van der Waals surface area contributed by atoms with Gasteiger partial charge in [0.2, 0.25) is 10.0 Å². The molecule has 3 saturated heterocycles. The van der Waals surface area contributed by atoms with Crippen molar-refractivity contribution in [3.05, 3.63) is 95.1 Å². The zero-order chi connectivity index (χ0) is 37.0. The van der Waals surface area contributed by atoms with Crippen molar-refractivity contribution in [3.63, 3.8) is 0 Å². The van der Waals surface area contributed by atoms with Gasteiger partial charge in [-0.05, 0) is 106 Å². The van der Waals surface area contributed by atoms with Gasteiger partial charge in [0.1, 0.15) is 34.5 Å². The maximum absolute atomic E-state index is 15.5. The number of hydrogen-bond acceptors (Lipinski definition) is 5. The molecule has 1 N–H and O–H groups in total. The largest absolute Gasteiger partial charge is 0.402 e. The fourth-order valence-corrected chi connectivity index (χ4v) is 9.87. The predicted octanol–water partition coefficient (Wildman–Crippen LogP) is 7.03. The number of nitrogens with zero attached hydrogens (tertiary/aromatic N) is 4. The second-order valence-corrected chi connectivity index (χ2v) is 16.0. The summed E-state index contributed by atoms with van der Waals surface area (Å²) >= 11 is 0. The van der Waals surface area contributed by atoms with Gasteiger partial charge in [0, 0.05) is 31.2 Å². The lowest BCUT2D eigenvalue weighted by Crippen LogP contribution is -2.49. The molecule has 1 aromatic heterocycles. The van der Waals surface area contributed by atoms with Crippen molar-refractivity contribution in [1.82, 2.24) is 24.1 Å². The minimum absolute atomic E-state index is 0.0411. The first-order valence-electron chi connectivity index (χ1n) is 17.4. The summed E-state index contributed by atoms with van der Waals surface area (Å²) < 4.78 is 112. The third-order valence-electron chi connectivity index (χ3n) is 11.3. The van der Waals surface area contributed by atoms with Crippen molar-refractivity contribution in [1.29, 1.82) is 0 Å². The smallest absolute Gasteiger partial charge is 0.338 e. The van der Waals surface area contributed by atoms with Crippen molar-refractivity contribution in [2.24, 2.45) is 0 Å².